The molecule has 2 aromatic rings. The van der Waals surface area contributed by atoms with Crippen molar-refractivity contribution < 1.29 is 8.42 Å². The molecule has 29 heavy (non-hydrogen) atoms. The van der Waals surface area contributed by atoms with E-state index in [9.17, 15) is 8.42 Å². The average Bonchev–Trinajstić information content (AvgIpc) is 2.92. The molecule has 0 atom stereocenters. The molecule has 1 N–H and O–H groups in total. The van der Waals surface area contributed by atoms with Gasteiger partial charge in [-0.25, -0.2) is 8.42 Å². The Kier molecular flexibility index (Phi) is 5.90. The molecule has 5 nitrogen and oxygen atoms in total. The fourth-order valence-corrected chi connectivity index (χ4v) is 5.82. The molecule has 0 spiro atoms. The Morgan fingerprint density at radius 3 is 2.52 bits per heavy atom. The van der Waals surface area contributed by atoms with Crippen LogP contribution >= 0.6 is 15.9 Å². The number of rotatable bonds is 4. The molecule has 0 aliphatic carbocycles. The third kappa shape index (κ3) is 4.63. The van der Waals surface area contributed by atoms with Gasteiger partial charge in [0.05, 0.1) is 6.04 Å². The smallest absolute Gasteiger partial charge is 0.264 e. The number of nitrogens with zero attached hydrogens (tertiary/aromatic N) is 2. The van der Waals surface area contributed by atoms with Crippen LogP contribution in [-0.2, 0) is 16.6 Å². The Hall–Kier alpha value is -1.96. The van der Waals surface area contributed by atoms with Gasteiger partial charge in [0.2, 0.25) is 0 Å². The van der Waals surface area contributed by atoms with Gasteiger partial charge in [-0.1, -0.05) is 58.4 Å². The summed E-state index contributed by atoms with van der Waals surface area (Å²) in [6.07, 6.45) is 1.86. The molecule has 1 fully saturated rings. The number of likely N-dealkylation sites (tertiary alicyclic amines) is 1. The van der Waals surface area contributed by atoms with Crippen LogP contribution in [0.1, 0.15) is 30.9 Å². The summed E-state index contributed by atoms with van der Waals surface area (Å²) in [5, 5.41) is 0. The van der Waals surface area contributed by atoms with Gasteiger partial charge in [0.25, 0.3) is 10.0 Å². The highest BCUT2D eigenvalue weighted by molar-refractivity contribution is 9.10. The van der Waals surface area contributed by atoms with E-state index < -0.39 is 10.0 Å². The lowest BCUT2D eigenvalue weighted by molar-refractivity contribution is 0.206. The second-order valence-corrected chi connectivity index (χ2v) is 10.1. The minimum absolute atomic E-state index is 0.136. The van der Waals surface area contributed by atoms with Gasteiger partial charge >= 0.3 is 0 Å². The summed E-state index contributed by atoms with van der Waals surface area (Å²) in [6.45, 7) is 4.70. The summed E-state index contributed by atoms with van der Waals surface area (Å²) in [7, 11) is -3.59. The van der Waals surface area contributed by atoms with Crippen molar-refractivity contribution in [2.75, 3.05) is 13.1 Å². The third-order valence-corrected chi connectivity index (χ3v) is 7.43. The highest BCUT2D eigenvalue weighted by atomic mass is 79.9. The van der Waals surface area contributed by atoms with Crippen LogP contribution in [0.15, 0.2) is 69.6 Å². The summed E-state index contributed by atoms with van der Waals surface area (Å²) < 4.78 is 29.0. The highest BCUT2D eigenvalue weighted by Gasteiger charge is 2.33. The fourth-order valence-electron chi connectivity index (χ4n) is 3.92. The number of benzene rings is 2. The van der Waals surface area contributed by atoms with Crippen LogP contribution in [0.2, 0.25) is 0 Å². The maximum Gasteiger partial charge on any atom is 0.264 e. The molecule has 0 amide bonds. The van der Waals surface area contributed by atoms with Crippen molar-refractivity contribution in [3.05, 3.63) is 75.8 Å². The van der Waals surface area contributed by atoms with E-state index in [2.05, 4.69) is 49.8 Å². The SMILES string of the molecule is CC1=C(c2cccc(Br)c2)S(=O)(=O)NC1=NC1CCN(Cc2ccccc2)CC1. The van der Waals surface area contributed by atoms with E-state index in [1.165, 1.54) is 5.56 Å². The van der Waals surface area contributed by atoms with Crippen LogP contribution in [0.25, 0.3) is 4.91 Å². The molecule has 0 bridgehead atoms. The minimum Gasteiger partial charge on any atom is -0.299 e. The largest absolute Gasteiger partial charge is 0.299 e. The normalized spacial score (nSPS) is 21.5. The van der Waals surface area contributed by atoms with Crippen LogP contribution in [0, 0.1) is 0 Å². The van der Waals surface area contributed by atoms with Gasteiger partial charge in [-0.05, 0) is 43.0 Å². The fraction of sp³-hybridized carbons (Fsp3) is 0.318. The predicted octanol–water partition coefficient (Wildman–Crippen LogP) is 4.18. The van der Waals surface area contributed by atoms with Crippen molar-refractivity contribution in [1.82, 2.24) is 9.62 Å². The number of piperidine rings is 1. The van der Waals surface area contributed by atoms with E-state index >= 15 is 0 Å². The summed E-state index contributed by atoms with van der Waals surface area (Å²) in [6, 6.07) is 18.0. The van der Waals surface area contributed by atoms with Crippen molar-refractivity contribution in [2.24, 2.45) is 4.99 Å². The van der Waals surface area contributed by atoms with E-state index in [1.54, 1.807) is 0 Å². The summed E-state index contributed by atoms with van der Waals surface area (Å²) >= 11 is 3.42. The van der Waals surface area contributed by atoms with E-state index in [0.29, 0.717) is 21.9 Å². The standard InChI is InChI=1S/C22H24BrN3O2S/c1-16-21(18-8-5-9-19(23)14-18)29(27,28)25-22(16)24-20-10-12-26(13-11-20)15-17-6-3-2-4-7-17/h2-9,14,20H,10-13,15H2,1H3,(H,24,25). The average molecular weight is 474 g/mol. The molecular formula is C22H24BrN3O2S. The monoisotopic (exact) mass is 473 g/mol. The van der Waals surface area contributed by atoms with Crippen LogP contribution in [-0.4, -0.2) is 38.3 Å². The minimum atomic E-state index is -3.59. The zero-order chi connectivity index (χ0) is 20.4. The number of hydrogen-bond donors (Lipinski definition) is 1. The molecule has 0 aromatic heterocycles. The van der Waals surface area contributed by atoms with Crippen molar-refractivity contribution in [3.8, 4) is 0 Å². The van der Waals surface area contributed by atoms with Gasteiger partial charge in [0, 0.05) is 29.7 Å². The van der Waals surface area contributed by atoms with Crippen LogP contribution in [0.5, 0.6) is 0 Å². The van der Waals surface area contributed by atoms with Crippen molar-refractivity contribution in [2.45, 2.75) is 32.4 Å². The van der Waals surface area contributed by atoms with Crippen LogP contribution < -0.4 is 4.72 Å². The van der Waals surface area contributed by atoms with Crippen molar-refractivity contribution in [1.29, 1.82) is 0 Å². The first-order valence-electron chi connectivity index (χ1n) is 9.76. The Labute approximate surface area is 180 Å². The summed E-state index contributed by atoms with van der Waals surface area (Å²) in [5.74, 6) is 0.487. The van der Waals surface area contributed by atoms with E-state index in [-0.39, 0.29) is 6.04 Å². The van der Waals surface area contributed by atoms with E-state index in [4.69, 9.17) is 4.99 Å². The molecule has 2 aromatic carbocycles. The lowest BCUT2D eigenvalue weighted by atomic mass is 10.0. The lowest BCUT2D eigenvalue weighted by Gasteiger charge is -2.30. The molecule has 2 heterocycles. The van der Waals surface area contributed by atoms with E-state index in [1.807, 2.05) is 37.3 Å². The van der Waals surface area contributed by atoms with E-state index in [0.717, 1.165) is 36.9 Å². The van der Waals surface area contributed by atoms with Crippen molar-refractivity contribution >= 4 is 36.7 Å². The van der Waals surface area contributed by atoms with Crippen LogP contribution in [0.3, 0.4) is 0 Å². The number of sulfonamides is 1. The summed E-state index contributed by atoms with van der Waals surface area (Å²) in [5.41, 5.74) is 2.68. The molecule has 1 saturated heterocycles. The highest BCUT2D eigenvalue weighted by Crippen LogP contribution is 2.31. The molecule has 7 heteroatoms. The topological polar surface area (TPSA) is 61.8 Å². The lowest BCUT2D eigenvalue weighted by Crippen LogP contribution is -2.36. The number of aliphatic imine (C=N–C) groups is 1. The number of hydrogen-bond acceptors (Lipinski definition) is 4. The Morgan fingerprint density at radius 2 is 1.83 bits per heavy atom. The zero-order valence-electron chi connectivity index (χ0n) is 16.3. The first-order chi connectivity index (χ1) is 13.9. The maximum atomic E-state index is 12.7. The Bertz CT molecular complexity index is 1060. The molecule has 2 aliphatic rings. The molecule has 0 unspecified atom stereocenters. The van der Waals surface area contributed by atoms with Gasteiger partial charge in [0.15, 0.2) is 0 Å². The quantitative estimate of drug-likeness (QED) is 0.724. The van der Waals surface area contributed by atoms with Gasteiger partial charge in [-0.15, -0.1) is 0 Å². The maximum absolute atomic E-state index is 12.7. The molecule has 0 radical (unpaired) electrons. The number of amidine groups is 1. The second-order valence-electron chi connectivity index (χ2n) is 7.54. The number of nitrogens with one attached hydrogen (secondary N) is 1. The Morgan fingerprint density at radius 1 is 1.10 bits per heavy atom. The van der Waals surface area contributed by atoms with Gasteiger partial charge in [-0.2, -0.15) is 0 Å². The van der Waals surface area contributed by atoms with Gasteiger partial charge < -0.3 is 0 Å². The second kappa shape index (κ2) is 8.42. The van der Waals surface area contributed by atoms with Crippen molar-refractivity contribution in [3.63, 3.8) is 0 Å². The number of halogens is 1. The van der Waals surface area contributed by atoms with Gasteiger partial charge in [0.1, 0.15) is 10.7 Å². The first kappa shape index (κ1) is 20.3. The third-order valence-electron chi connectivity index (χ3n) is 5.40. The van der Waals surface area contributed by atoms with Gasteiger partial charge in [-0.3, -0.25) is 14.6 Å². The molecule has 152 valence electrons. The predicted molar refractivity (Wildman–Crippen MR) is 121 cm³/mol. The Balaban J connectivity index is 1.48. The first-order valence-corrected chi connectivity index (χ1v) is 12.0. The molecule has 4 rings (SSSR count). The zero-order valence-corrected chi connectivity index (χ0v) is 18.7. The van der Waals surface area contributed by atoms with Crippen LogP contribution in [0.4, 0.5) is 0 Å². The molecule has 2 aliphatic heterocycles. The summed E-state index contributed by atoms with van der Waals surface area (Å²) in [4.78, 5) is 7.53. The molecular weight excluding hydrogens is 450 g/mol. The molecule has 0 saturated carbocycles.